The van der Waals surface area contributed by atoms with E-state index in [1.165, 1.54) is 6.08 Å². The van der Waals surface area contributed by atoms with Gasteiger partial charge in [-0.3, -0.25) is 4.79 Å². The molecule has 0 spiro atoms. The topological polar surface area (TPSA) is 17.1 Å². The monoisotopic (exact) mass is 174 g/mol. The molecule has 0 amide bonds. The van der Waals surface area contributed by atoms with Crippen LogP contribution in [-0.2, 0) is 4.79 Å². The fraction of sp³-hybridized carbons (Fsp3) is 0.250. The Labute approximate surface area is 79.1 Å². The van der Waals surface area contributed by atoms with Gasteiger partial charge >= 0.3 is 0 Å². The van der Waals surface area contributed by atoms with Gasteiger partial charge in [-0.15, -0.1) is 0 Å². The molecule has 0 aliphatic heterocycles. The van der Waals surface area contributed by atoms with Gasteiger partial charge in [0.15, 0.2) is 5.78 Å². The second-order valence-electron chi connectivity index (χ2n) is 2.98. The Morgan fingerprint density at radius 2 is 2.08 bits per heavy atom. The molecule has 1 nitrogen and oxygen atoms in total. The van der Waals surface area contributed by atoms with Crippen LogP contribution < -0.4 is 0 Å². The molecule has 0 aliphatic rings. The fourth-order valence-corrected chi connectivity index (χ4v) is 1.43. The largest absolute Gasteiger partial charge is 0.294 e. The molecule has 0 heterocycles. The summed E-state index contributed by atoms with van der Waals surface area (Å²) in [7, 11) is 0. The number of benzene rings is 1. The smallest absolute Gasteiger partial charge is 0.162 e. The van der Waals surface area contributed by atoms with Crippen LogP contribution in [0.5, 0.6) is 0 Å². The first kappa shape index (κ1) is 9.72. The number of allylic oxidation sites excluding steroid dienone is 1. The molecule has 0 saturated carbocycles. The summed E-state index contributed by atoms with van der Waals surface area (Å²) in [6.07, 6.45) is 2.23. The van der Waals surface area contributed by atoms with Crippen LogP contribution in [0, 0.1) is 0 Å². The molecule has 0 fully saturated rings. The maximum Gasteiger partial charge on any atom is 0.162 e. The van der Waals surface area contributed by atoms with Crippen LogP contribution in [0.4, 0.5) is 0 Å². The number of hydrogen-bond donors (Lipinski definition) is 0. The van der Waals surface area contributed by atoms with Crippen molar-refractivity contribution in [3.63, 3.8) is 0 Å². The molecule has 1 heteroatoms. The molecule has 0 aromatic heterocycles. The summed E-state index contributed by atoms with van der Waals surface area (Å²) in [6, 6.07) is 9.82. The van der Waals surface area contributed by atoms with Crippen molar-refractivity contribution in [1.82, 2.24) is 0 Å². The first-order chi connectivity index (χ1) is 6.29. The van der Waals surface area contributed by atoms with Crippen LogP contribution in [0.2, 0.25) is 0 Å². The number of carbonyl (C=O) groups is 1. The summed E-state index contributed by atoms with van der Waals surface area (Å²) in [6.45, 7) is 5.52. The highest BCUT2D eigenvalue weighted by molar-refractivity contribution is 5.94. The number of hydrogen-bond acceptors (Lipinski definition) is 1. The second kappa shape index (κ2) is 4.61. The molecule has 1 atom stereocenters. The number of ketones is 1. The van der Waals surface area contributed by atoms with Crippen molar-refractivity contribution >= 4 is 5.78 Å². The number of rotatable bonds is 4. The van der Waals surface area contributed by atoms with Crippen LogP contribution in [0.1, 0.15) is 24.8 Å². The van der Waals surface area contributed by atoms with Crippen molar-refractivity contribution < 1.29 is 4.79 Å². The minimum Gasteiger partial charge on any atom is -0.294 e. The average Bonchev–Trinajstić information content (AvgIpc) is 2.20. The SMILES string of the molecule is C=CC(=O)C(CC)c1ccccc1. The minimum absolute atomic E-state index is 0.0151. The van der Waals surface area contributed by atoms with E-state index in [4.69, 9.17) is 0 Å². The van der Waals surface area contributed by atoms with Crippen molar-refractivity contribution in [2.24, 2.45) is 0 Å². The molecule has 1 rings (SSSR count). The Kier molecular flexibility index (Phi) is 3.44. The molecule has 0 saturated heterocycles. The third kappa shape index (κ3) is 2.28. The van der Waals surface area contributed by atoms with Crippen LogP contribution in [0.25, 0.3) is 0 Å². The van der Waals surface area contributed by atoms with Crippen molar-refractivity contribution in [2.75, 3.05) is 0 Å². The lowest BCUT2D eigenvalue weighted by molar-refractivity contribution is -0.116. The van der Waals surface area contributed by atoms with E-state index in [-0.39, 0.29) is 11.7 Å². The molecule has 0 aliphatic carbocycles. The minimum atomic E-state index is -0.0151. The molecule has 1 aromatic rings. The summed E-state index contributed by atoms with van der Waals surface area (Å²) in [5, 5.41) is 0. The zero-order valence-electron chi connectivity index (χ0n) is 7.86. The van der Waals surface area contributed by atoms with E-state index in [0.717, 1.165) is 12.0 Å². The molecule has 68 valence electrons. The molecular weight excluding hydrogens is 160 g/mol. The molecule has 1 unspecified atom stereocenters. The van der Waals surface area contributed by atoms with Gasteiger partial charge in [0.25, 0.3) is 0 Å². The highest BCUT2D eigenvalue weighted by Gasteiger charge is 2.14. The molecule has 0 N–H and O–H groups in total. The fourth-order valence-electron chi connectivity index (χ4n) is 1.43. The lowest BCUT2D eigenvalue weighted by atomic mass is 9.92. The highest BCUT2D eigenvalue weighted by Crippen LogP contribution is 2.20. The Hall–Kier alpha value is -1.37. The Bertz CT molecular complexity index is 287. The maximum absolute atomic E-state index is 11.4. The van der Waals surface area contributed by atoms with Gasteiger partial charge in [0.05, 0.1) is 0 Å². The third-order valence-electron chi connectivity index (χ3n) is 2.15. The zero-order chi connectivity index (χ0) is 9.68. The van der Waals surface area contributed by atoms with Gasteiger partial charge in [0.2, 0.25) is 0 Å². The van der Waals surface area contributed by atoms with Crippen LogP contribution in [0.3, 0.4) is 0 Å². The van der Waals surface area contributed by atoms with Crippen molar-refractivity contribution in [2.45, 2.75) is 19.3 Å². The predicted octanol–water partition coefficient (Wildman–Crippen LogP) is 2.94. The third-order valence-corrected chi connectivity index (χ3v) is 2.15. The van der Waals surface area contributed by atoms with Gasteiger partial charge in [-0.05, 0) is 18.1 Å². The summed E-state index contributed by atoms with van der Waals surface area (Å²) < 4.78 is 0. The molecule has 13 heavy (non-hydrogen) atoms. The van der Waals surface area contributed by atoms with Gasteiger partial charge < -0.3 is 0 Å². The van der Waals surface area contributed by atoms with E-state index >= 15 is 0 Å². The highest BCUT2D eigenvalue weighted by atomic mass is 16.1. The van der Waals surface area contributed by atoms with Crippen LogP contribution in [0.15, 0.2) is 43.0 Å². The van der Waals surface area contributed by atoms with Gasteiger partial charge in [0.1, 0.15) is 0 Å². The van der Waals surface area contributed by atoms with Crippen molar-refractivity contribution in [3.05, 3.63) is 48.6 Å². The van der Waals surface area contributed by atoms with Gasteiger partial charge in [0, 0.05) is 5.92 Å². The van der Waals surface area contributed by atoms with Crippen molar-refractivity contribution in [1.29, 1.82) is 0 Å². The van der Waals surface area contributed by atoms with Crippen molar-refractivity contribution in [3.8, 4) is 0 Å². The lowest BCUT2D eigenvalue weighted by Gasteiger charge is -2.10. The quantitative estimate of drug-likeness (QED) is 0.641. The van der Waals surface area contributed by atoms with Gasteiger partial charge in [-0.1, -0.05) is 43.8 Å². The molecule has 0 bridgehead atoms. The van der Waals surface area contributed by atoms with Crippen LogP contribution >= 0.6 is 0 Å². The van der Waals surface area contributed by atoms with E-state index < -0.39 is 0 Å². The average molecular weight is 174 g/mol. The number of carbonyl (C=O) groups excluding carboxylic acids is 1. The Morgan fingerprint density at radius 1 is 1.46 bits per heavy atom. The van der Waals surface area contributed by atoms with Crippen LogP contribution in [-0.4, -0.2) is 5.78 Å². The molecule has 1 aromatic carbocycles. The predicted molar refractivity (Wildman–Crippen MR) is 54.7 cm³/mol. The first-order valence-corrected chi connectivity index (χ1v) is 4.50. The zero-order valence-corrected chi connectivity index (χ0v) is 7.86. The lowest BCUT2D eigenvalue weighted by Crippen LogP contribution is -2.08. The Morgan fingerprint density at radius 3 is 2.54 bits per heavy atom. The molecular formula is C12H14O. The van der Waals surface area contributed by atoms with E-state index in [2.05, 4.69) is 6.58 Å². The van der Waals surface area contributed by atoms with E-state index in [0.29, 0.717) is 0 Å². The molecule has 0 radical (unpaired) electrons. The maximum atomic E-state index is 11.4. The van der Waals surface area contributed by atoms with E-state index in [1.54, 1.807) is 0 Å². The van der Waals surface area contributed by atoms with E-state index in [1.807, 2.05) is 37.3 Å². The summed E-state index contributed by atoms with van der Waals surface area (Å²) >= 11 is 0. The van der Waals surface area contributed by atoms with E-state index in [9.17, 15) is 4.79 Å². The summed E-state index contributed by atoms with van der Waals surface area (Å²) in [4.78, 5) is 11.4. The van der Waals surface area contributed by atoms with Gasteiger partial charge in [-0.2, -0.15) is 0 Å². The standard InChI is InChI=1S/C12H14O/c1-3-11(12(13)4-2)10-8-6-5-7-9-10/h4-9,11H,2-3H2,1H3. The first-order valence-electron chi connectivity index (χ1n) is 4.50. The van der Waals surface area contributed by atoms with Gasteiger partial charge in [-0.25, -0.2) is 0 Å². The normalized spacial score (nSPS) is 12.1. The Balaban J connectivity index is 2.91. The summed E-state index contributed by atoms with van der Waals surface area (Å²) in [5.74, 6) is 0.0902. The second-order valence-corrected chi connectivity index (χ2v) is 2.98. The summed E-state index contributed by atoms with van der Waals surface area (Å²) in [5.41, 5.74) is 1.08.